The van der Waals surface area contributed by atoms with E-state index in [2.05, 4.69) is 74.1 Å². The summed E-state index contributed by atoms with van der Waals surface area (Å²) in [5.41, 5.74) is 1.29. The number of hydrogen-bond donors (Lipinski definition) is 1. The number of guanidine groups is 1. The standard InChI is InChI=1S/C23H39N3O2/c1-7-27-16-19-12-13-26(14-19)22(24-6)25-17-23(4,5)20-8-10-21(11-9-20)28-15-18(2)3/h8-11,18-19H,7,12-17H2,1-6H3,(H,24,25). The third-order valence-electron chi connectivity index (χ3n) is 5.26. The summed E-state index contributed by atoms with van der Waals surface area (Å²) < 4.78 is 11.4. The van der Waals surface area contributed by atoms with Gasteiger partial charge in [0.1, 0.15) is 5.75 Å². The Labute approximate surface area is 171 Å². The fourth-order valence-electron chi connectivity index (χ4n) is 3.45. The van der Waals surface area contributed by atoms with Crippen LogP contribution in [-0.4, -0.2) is 57.4 Å². The van der Waals surface area contributed by atoms with Gasteiger partial charge >= 0.3 is 0 Å². The van der Waals surface area contributed by atoms with E-state index in [0.29, 0.717) is 11.8 Å². The molecule has 158 valence electrons. The van der Waals surface area contributed by atoms with Crippen LogP contribution in [0.5, 0.6) is 5.75 Å². The van der Waals surface area contributed by atoms with Crippen molar-refractivity contribution in [2.75, 3.05) is 46.5 Å². The predicted octanol–water partition coefficient (Wildman–Crippen LogP) is 3.93. The molecule has 1 atom stereocenters. The fourth-order valence-corrected chi connectivity index (χ4v) is 3.45. The summed E-state index contributed by atoms with van der Waals surface area (Å²) in [5.74, 6) is 3.06. The normalized spacial score (nSPS) is 18.0. The summed E-state index contributed by atoms with van der Waals surface area (Å²) in [5, 5.41) is 3.59. The lowest BCUT2D eigenvalue weighted by Crippen LogP contribution is -2.45. The lowest BCUT2D eigenvalue weighted by Gasteiger charge is -2.29. The monoisotopic (exact) mass is 389 g/mol. The predicted molar refractivity (Wildman–Crippen MR) is 117 cm³/mol. The van der Waals surface area contributed by atoms with Crippen molar-refractivity contribution >= 4 is 5.96 Å². The molecule has 1 aromatic rings. The fraction of sp³-hybridized carbons (Fsp3) is 0.696. The van der Waals surface area contributed by atoms with E-state index in [0.717, 1.165) is 51.2 Å². The average Bonchev–Trinajstić information content (AvgIpc) is 3.14. The van der Waals surface area contributed by atoms with Crippen LogP contribution < -0.4 is 10.1 Å². The van der Waals surface area contributed by atoms with E-state index in [1.807, 2.05) is 7.05 Å². The van der Waals surface area contributed by atoms with Crippen molar-refractivity contribution in [3.8, 4) is 5.75 Å². The van der Waals surface area contributed by atoms with Gasteiger partial charge in [-0.15, -0.1) is 0 Å². The molecule has 1 aromatic carbocycles. The number of nitrogens with one attached hydrogen (secondary N) is 1. The molecule has 0 aliphatic carbocycles. The van der Waals surface area contributed by atoms with Crippen LogP contribution in [0.15, 0.2) is 29.3 Å². The molecule has 0 spiro atoms. The molecule has 5 nitrogen and oxygen atoms in total. The highest BCUT2D eigenvalue weighted by atomic mass is 16.5. The first-order valence-electron chi connectivity index (χ1n) is 10.6. The number of ether oxygens (including phenoxy) is 2. The third kappa shape index (κ3) is 6.69. The van der Waals surface area contributed by atoms with E-state index in [1.54, 1.807) is 0 Å². The molecule has 28 heavy (non-hydrogen) atoms. The molecule has 0 amide bonds. The zero-order valence-corrected chi connectivity index (χ0v) is 18.6. The van der Waals surface area contributed by atoms with Crippen molar-refractivity contribution in [3.05, 3.63) is 29.8 Å². The molecule has 0 bridgehead atoms. The maximum Gasteiger partial charge on any atom is 0.193 e. The zero-order valence-electron chi connectivity index (χ0n) is 18.6. The highest BCUT2D eigenvalue weighted by Gasteiger charge is 2.27. The highest BCUT2D eigenvalue weighted by Crippen LogP contribution is 2.25. The minimum Gasteiger partial charge on any atom is -0.493 e. The van der Waals surface area contributed by atoms with E-state index in [9.17, 15) is 0 Å². The van der Waals surface area contributed by atoms with Gasteiger partial charge in [0.25, 0.3) is 0 Å². The Morgan fingerprint density at radius 2 is 2.00 bits per heavy atom. The van der Waals surface area contributed by atoms with Gasteiger partial charge in [-0.3, -0.25) is 4.99 Å². The molecule has 5 heteroatoms. The lowest BCUT2D eigenvalue weighted by molar-refractivity contribution is 0.114. The number of nitrogens with zero attached hydrogens (tertiary/aromatic N) is 2. The van der Waals surface area contributed by atoms with E-state index >= 15 is 0 Å². The van der Waals surface area contributed by atoms with Crippen LogP contribution in [0.4, 0.5) is 0 Å². The molecule has 0 aromatic heterocycles. The van der Waals surface area contributed by atoms with Gasteiger partial charge in [0.2, 0.25) is 0 Å². The van der Waals surface area contributed by atoms with Gasteiger partial charge in [-0.05, 0) is 37.0 Å². The van der Waals surface area contributed by atoms with Crippen LogP contribution in [0.25, 0.3) is 0 Å². The van der Waals surface area contributed by atoms with Gasteiger partial charge < -0.3 is 19.7 Å². The Bertz CT molecular complexity index is 611. The maximum absolute atomic E-state index is 5.80. The second kappa shape index (κ2) is 10.7. The van der Waals surface area contributed by atoms with Crippen molar-refractivity contribution in [2.24, 2.45) is 16.8 Å². The smallest absolute Gasteiger partial charge is 0.193 e. The lowest BCUT2D eigenvalue weighted by atomic mass is 9.84. The Balaban J connectivity index is 1.89. The van der Waals surface area contributed by atoms with Crippen LogP contribution in [0.2, 0.25) is 0 Å². The molecule has 1 heterocycles. The molecule has 1 aliphatic heterocycles. The van der Waals surface area contributed by atoms with Crippen molar-refractivity contribution in [1.82, 2.24) is 10.2 Å². The molecule has 1 fully saturated rings. The molecule has 1 N–H and O–H groups in total. The summed E-state index contributed by atoms with van der Waals surface area (Å²) in [6.45, 7) is 16.2. The molecular weight excluding hydrogens is 350 g/mol. The van der Waals surface area contributed by atoms with E-state index in [4.69, 9.17) is 9.47 Å². The summed E-state index contributed by atoms with van der Waals surface area (Å²) in [4.78, 5) is 6.86. The van der Waals surface area contributed by atoms with E-state index < -0.39 is 0 Å². The summed E-state index contributed by atoms with van der Waals surface area (Å²) in [6, 6.07) is 8.50. The largest absolute Gasteiger partial charge is 0.493 e. The summed E-state index contributed by atoms with van der Waals surface area (Å²) in [6.07, 6.45) is 1.17. The van der Waals surface area contributed by atoms with Crippen LogP contribution in [0, 0.1) is 11.8 Å². The minimum absolute atomic E-state index is 0.00301. The second-order valence-corrected chi connectivity index (χ2v) is 8.77. The van der Waals surface area contributed by atoms with Crippen molar-refractivity contribution in [1.29, 1.82) is 0 Å². The second-order valence-electron chi connectivity index (χ2n) is 8.77. The zero-order chi connectivity index (χ0) is 20.6. The van der Waals surface area contributed by atoms with E-state index in [-0.39, 0.29) is 5.41 Å². The first-order valence-corrected chi connectivity index (χ1v) is 10.6. The Morgan fingerprint density at radius 1 is 1.29 bits per heavy atom. The van der Waals surface area contributed by atoms with Crippen molar-refractivity contribution in [3.63, 3.8) is 0 Å². The Morgan fingerprint density at radius 3 is 2.61 bits per heavy atom. The molecule has 0 saturated carbocycles. The first-order chi connectivity index (χ1) is 13.4. The average molecular weight is 390 g/mol. The maximum atomic E-state index is 5.80. The Hall–Kier alpha value is -1.75. The molecule has 2 rings (SSSR count). The van der Waals surface area contributed by atoms with Crippen LogP contribution in [0.1, 0.15) is 46.6 Å². The quantitative estimate of drug-likeness (QED) is 0.513. The van der Waals surface area contributed by atoms with Crippen molar-refractivity contribution < 1.29 is 9.47 Å². The minimum atomic E-state index is -0.00301. The van der Waals surface area contributed by atoms with Gasteiger partial charge in [0.15, 0.2) is 5.96 Å². The Kier molecular flexibility index (Phi) is 8.61. The van der Waals surface area contributed by atoms with Crippen LogP contribution >= 0.6 is 0 Å². The third-order valence-corrected chi connectivity index (χ3v) is 5.26. The van der Waals surface area contributed by atoms with Crippen LogP contribution in [-0.2, 0) is 10.2 Å². The number of aliphatic imine (C=N–C) groups is 1. The van der Waals surface area contributed by atoms with Gasteiger partial charge in [-0.25, -0.2) is 0 Å². The molecule has 1 aliphatic rings. The van der Waals surface area contributed by atoms with Gasteiger partial charge in [0.05, 0.1) is 13.2 Å². The topological polar surface area (TPSA) is 46.1 Å². The molecule has 1 unspecified atom stereocenters. The number of likely N-dealkylation sites (tertiary alicyclic amines) is 1. The summed E-state index contributed by atoms with van der Waals surface area (Å²) in [7, 11) is 1.87. The summed E-state index contributed by atoms with van der Waals surface area (Å²) >= 11 is 0. The molecule has 0 radical (unpaired) electrons. The first kappa shape index (κ1) is 22.5. The number of hydrogen-bond acceptors (Lipinski definition) is 3. The van der Waals surface area contributed by atoms with Gasteiger partial charge in [0, 0.05) is 44.6 Å². The molecule has 1 saturated heterocycles. The SMILES string of the molecule is CCOCC1CCN(C(=NC)NCC(C)(C)c2ccc(OCC(C)C)cc2)C1. The number of rotatable bonds is 9. The van der Waals surface area contributed by atoms with Gasteiger partial charge in [-0.1, -0.05) is 39.8 Å². The highest BCUT2D eigenvalue weighted by molar-refractivity contribution is 5.80. The molecular formula is C23H39N3O2. The van der Waals surface area contributed by atoms with Crippen molar-refractivity contribution in [2.45, 2.75) is 46.5 Å². The number of benzene rings is 1. The van der Waals surface area contributed by atoms with Gasteiger partial charge in [-0.2, -0.15) is 0 Å². The van der Waals surface area contributed by atoms with E-state index in [1.165, 1.54) is 12.0 Å². The van der Waals surface area contributed by atoms with Crippen LogP contribution in [0.3, 0.4) is 0 Å².